The lowest BCUT2D eigenvalue weighted by Crippen LogP contribution is -2.23. The van der Waals surface area contributed by atoms with Gasteiger partial charge >= 0.3 is 0 Å². The molecule has 106 valence electrons. The Morgan fingerprint density at radius 1 is 1.20 bits per heavy atom. The van der Waals surface area contributed by atoms with Gasteiger partial charge in [-0.15, -0.1) is 0 Å². The number of halogens is 1. The summed E-state index contributed by atoms with van der Waals surface area (Å²) in [5.41, 5.74) is 1.18. The number of pyridine rings is 1. The van der Waals surface area contributed by atoms with E-state index in [4.69, 9.17) is 16.7 Å². The summed E-state index contributed by atoms with van der Waals surface area (Å²) in [5, 5.41) is 9.44. The number of hydrogen-bond donors (Lipinski definition) is 2. The van der Waals surface area contributed by atoms with Crippen molar-refractivity contribution in [2.75, 3.05) is 0 Å². The van der Waals surface area contributed by atoms with Crippen LogP contribution >= 0.6 is 11.6 Å². The second-order valence-electron chi connectivity index (χ2n) is 4.09. The zero-order chi connectivity index (χ0) is 14.6. The Labute approximate surface area is 122 Å². The van der Waals surface area contributed by atoms with Crippen LogP contribution in [0.5, 0.6) is 0 Å². The first-order valence-corrected chi connectivity index (χ1v) is 7.67. The maximum atomic E-state index is 12.1. The van der Waals surface area contributed by atoms with Crippen LogP contribution in [0.2, 0.25) is 5.02 Å². The first-order chi connectivity index (χ1) is 9.53. The monoisotopic (exact) mass is 312 g/mol. The van der Waals surface area contributed by atoms with E-state index in [1.54, 1.807) is 24.5 Å². The highest BCUT2D eigenvalue weighted by molar-refractivity contribution is 7.89. The van der Waals surface area contributed by atoms with Crippen LogP contribution in [0.1, 0.15) is 11.1 Å². The number of benzene rings is 1. The molecule has 0 aliphatic carbocycles. The molecule has 0 aliphatic heterocycles. The molecule has 0 bridgehead atoms. The second kappa shape index (κ2) is 6.32. The van der Waals surface area contributed by atoms with E-state index in [2.05, 4.69) is 9.71 Å². The van der Waals surface area contributed by atoms with Crippen molar-refractivity contribution in [2.45, 2.75) is 18.0 Å². The predicted molar refractivity (Wildman–Crippen MR) is 75.6 cm³/mol. The third-order valence-corrected chi connectivity index (χ3v) is 4.48. The number of nitrogens with one attached hydrogen (secondary N) is 1. The minimum absolute atomic E-state index is 0.0695. The molecule has 0 saturated carbocycles. The van der Waals surface area contributed by atoms with Crippen molar-refractivity contribution < 1.29 is 13.5 Å². The molecular formula is C13H13ClN2O3S. The van der Waals surface area contributed by atoms with Gasteiger partial charge in [0.1, 0.15) is 0 Å². The SMILES string of the molecule is O=S(=O)(NCc1ccncc1)c1ccc(Cl)c(CO)c1. The molecule has 2 aromatic rings. The van der Waals surface area contributed by atoms with E-state index >= 15 is 0 Å². The fraction of sp³-hybridized carbons (Fsp3) is 0.154. The molecule has 20 heavy (non-hydrogen) atoms. The van der Waals surface area contributed by atoms with Gasteiger partial charge in [-0.2, -0.15) is 0 Å². The van der Waals surface area contributed by atoms with Crippen LogP contribution in [-0.4, -0.2) is 18.5 Å². The number of aromatic nitrogens is 1. The molecule has 7 heteroatoms. The highest BCUT2D eigenvalue weighted by Gasteiger charge is 2.15. The van der Waals surface area contributed by atoms with Crippen molar-refractivity contribution in [3.63, 3.8) is 0 Å². The Morgan fingerprint density at radius 2 is 1.90 bits per heavy atom. The van der Waals surface area contributed by atoms with Crippen molar-refractivity contribution in [2.24, 2.45) is 0 Å². The van der Waals surface area contributed by atoms with E-state index in [9.17, 15) is 8.42 Å². The maximum Gasteiger partial charge on any atom is 0.240 e. The van der Waals surface area contributed by atoms with Crippen LogP contribution in [-0.2, 0) is 23.2 Å². The molecule has 0 radical (unpaired) electrons. The molecule has 0 amide bonds. The molecule has 0 saturated heterocycles. The molecule has 1 aromatic heterocycles. The van der Waals surface area contributed by atoms with E-state index in [1.165, 1.54) is 18.2 Å². The van der Waals surface area contributed by atoms with Gasteiger partial charge in [0.15, 0.2) is 0 Å². The first-order valence-electron chi connectivity index (χ1n) is 5.81. The molecule has 1 heterocycles. The van der Waals surface area contributed by atoms with Gasteiger partial charge in [0.25, 0.3) is 0 Å². The van der Waals surface area contributed by atoms with Crippen LogP contribution < -0.4 is 4.72 Å². The number of sulfonamides is 1. The fourth-order valence-corrected chi connectivity index (χ4v) is 2.85. The zero-order valence-electron chi connectivity index (χ0n) is 10.5. The summed E-state index contributed by atoms with van der Waals surface area (Å²) in [5.74, 6) is 0. The molecule has 0 fully saturated rings. The number of hydrogen-bond acceptors (Lipinski definition) is 4. The Hall–Kier alpha value is -1.47. The molecule has 2 N–H and O–H groups in total. The third-order valence-electron chi connectivity index (χ3n) is 2.71. The first kappa shape index (κ1) is 14.9. The Bertz CT molecular complexity index is 690. The summed E-state index contributed by atoms with van der Waals surface area (Å²) in [6.07, 6.45) is 3.19. The minimum Gasteiger partial charge on any atom is -0.392 e. The lowest BCUT2D eigenvalue weighted by molar-refractivity contribution is 0.281. The van der Waals surface area contributed by atoms with E-state index in [1.807, 2.05) is 0 Å². The molecular weight excluding hydrogens is 300 g/mol. The Morgan fingerprint density at radius 3 is 2.55 bits per heavy atom. The highest BCUT2D eigenvalue weighted by atomic mass is 35.5. The van der Waals surface area contributed by atoms with Crippen LogP contribution in [0.15, 0.2) is 47.6 Å². The number of rotatable bonds is 5. The number of aliphatic hydroxyl groups is 1. The van der Waals surface area contributed by atoms with Gasteiger partial charge in [-0.25, -0.2) is 13.1 Å². The summed E-state index contributed by atoms with van der Waals surface area (Å²) in [7, 11) is -3.65. The van der Waals surface area contributed by atoms with Gasteiger partial charge in [-0.1, -0.05) is 11.6 Å². The van der Waals surface area contributed by atoms with Gasteiger partial charge in [0, 0.05) is 24.0 Å². The van der Waals surface area contributed by atoms with Gasteiger partial charge in [0.05, 0.1) is 11.5 Å². The van der Waals surface area contributed by atoms with Crippen molar-refractivity contribution in [1.29, 1.82) is 0 Å². The average molecular weight is 313 g/mol. The van der Waals surface area contributed by atoms with Crippen LogP contribution in [0.4, 0.5) is 0 Å². The summed E-state index contributed by atoms with van der Waals surface area (Å²) in [6, 6.07) is 7.66. The number of nitrogens with zero attached hydrogens (tertiary/aromatic N) is 1. The van der Waals surface area contributed by atoms with E-state index in [0.717, 1.165) is 5.56 Å². The maximum absolute atomic E-state index is 12.1. The zero-order valence-corrected chi connectivity index (χ0v) is 12.0. The molecule has 0 spiro atoms. The summed E-state index contributed by atoms with van der Waals surface area (Å²) in [6.45, 7) is -0.144. The standard InChI is InChI=1S/C13H13ClN2O3S/c14-13-2-1-12(7-11(13)9-17)20(18,19)16-8-10-3-5-15-6-4-10/h1-7,16-17H,8-9H2. The molecule has 0 aliphatic rings. The Balaban J connectivity index is 2.18. The van der Waals surface area contributed by atoms with Crippen molar-refractivity contribution in [3.05, 3.63) is 58.9 Å². The fourth-order valence-electron chi connectivity index (χ4n) is 1.60. The smallest absolute Gasteiger partial charge is 0.240 e. The molecule has 0 atom stereocenters. The summed E-state index contributed by atoms with van der Waals surface area (Å²) in [4.78, 5) is 3.93. The topological polar surface area (TPSA) is 79.3 Å². The number of aliphatic hydroxyl groups excluding tert-OH is 1. The molecule has 5 nitrogen and oxygen atoms in total. The minimum atomic E-state index is -3.65. The van der Waals surface area contributed by atoms with Gasteiger partial charge in [0.2, 0.25) is 10.0 Å². The lowest BCUT2D eigenvalue weighted by Gasteiger charge is -2.08. The highest BCUT2D eigenvalue weighted by Crippen LogP contribution is 2.20. The third kappa shape index (κ3) is 3.55. The predicted octanol–water partition coefficient (Wildman–Crippen LogP) is 1.71. The van der Waals surface area contributed by atoms with Crippen molar-refractivity contribution >= 4 is 21.6 Å². The lowest BCUT2D eigenvalue weighted by atomic mass is 10.2. The molecule has 0 unspecified atom stereocenters. The van der Waals surface area contributed by atoms with Gasteiger partial charge in [-0.3, -0.25) is 4.98 Å². The van der Waals surface area contributed by atoms with Gasteiger partial charge < -0.3 is 5.11 Å². The van der Waals surface area contributed by atoms with Crippen LogP contribution in [0.3, 0.4) is 0 Å². The normalized spacial score (nSPS) is 11.5. The Kier molecular flexibility index (Phi) is 4.72. The quantitative estimate of drug-likeness (QED) is 0.881. The van der Waals surface area contributed by atoms with E-state index < -0.39 is 10.0 Å². The van der Waals surface area contributed by atoms with E-state index in [-0.39, 0.29) is 18.0 Å². The summed E-state index contributed by atoms with van der Waals surface area (Å²) >= 11 is 5.84. The van der Waals surface area contributed by atoms with Gasteiger partial charge in [-0.05, 0) is 41.5 Å². The van der Waals surface area contributed by atoms with E-state index in [0.29, 0.717) is 10.6 Å². The molecule has 2 rings (SSSR count). The average Bonchev–Trinajstić information content (AvgIpc) is 2.46. The van der Waals surface area contributed by atoms with Crippen LogP contribution in [0.25, 0.3) is 0 Å². The molecule has 1 aromatic carbocycles. The largest absolute Gasteiger partial charge is 0.392 e. The summed E-state index contributed by atoms with van der Waals surface area (Å²) < 4.78 is 26.7. The van der Waals surface area contributed by atoms with Crippen molar-refractivity contribution in [3.8, 4) is 0 Å². The van der Waals surface area contributed by atoms with Crippen LogP contribution in [0, 0.1) is 0 Å². The second-order valence-corrected chi connectivity index (χ2v) is 6.27. The van der Waals surface area contributed by atoms with Crippen molar-refractivity contribution in [1.82, 2.24) is 9.71 Å².